The van der Waals surface area contributed by atoms with Gasteiger partial charge < -0.3 is 26.5 Å². The van der Waals surface area contributed by atoms with E-state index >= 15 is 0 Å². The maximum atomic E-state index is 11.7. The lowest BCUT2D eigenvalue weighted by atomic mass is 10.1. The van der Waals surface area contributed by atoms with E-state index in [-0.39, 0.29) is 6.42 Å². The molecular formula is C10H15N5O4. The molecule has 3 amide bonds. The molecule has 0 saturated heterocycles. The normalized spacial score (nSPS) is 13.3. The van der Waals surface area contributed by atoms with E-state index in [9.17, 15) is 14.4 Å². The standard InChI is InChI=1S/C10H15N5O4/c1-5(14-10(11)19)8(16)15-7(9(17)18)2-6-3-12-4-13-6/h3-5,7H,2H2,1H3,(H,12,13)(H,15,16)(H,17,18)(H3,11,14,19)/t5?,7-/m1/s1. The van der Waals surface area contributed by atoms with E-state index in [2.05, 4.69) is 20.6 Å². The number of carbonyl (C=O) groups excluding carboxylic acids is 2. The van der Waals surface area contributed by atoms with Crippen molar-refractivity contribution in [2.24, 2.45) is 5.73 Å². The van der Waals surface area contributed by atoms with Crippen molar-refractivity contribution in [2.75, 3.05) is 0 Å². The molecule has 1 heterocycles. The van der Waals surface area contributed by atoms with Gasteiger partial charge in [-0.1, -0.05) is 0 Å². The Labute approximate surface area is 108 Å². The first kappa shape index (κ1) is 14.5. The number of H-pyrrole nitrogens is 1. The first-order valence-electron chi connectivity index (χ1n) is 5.46. The quantitative estimate of drug-likeness (QED) is 0.429. The van der Waals surface area contributed by atoms with Crippen LogP contribution in [0.25, 0.3) is 0 Å². The molecule has 0 spiro atoms. The van der Waals surface area contributed by atoms with Crippen molar-refractivity contribution in [3.63, 3.8) is 0 Å². The van der Waals surface area contributed by atoms with Crippen LogP contribution in [0, 0.1) is 0 Å². The summed E-state index contributed by atoms with van der Waals surface area (Å²) in [5.74, 6) is -1.82. The lowest BCUT2D eigenvalue weighted by Crippen LogP contribution is -2.52. The fourth-order valence-electron chi connectivity index (χ4n) is 1.39. The minimum atomic E-state index is -1.19. The van der Waals surface area contributed by atoms with E-state index in [0.717, 1.165) is 0 Å². The summed E-state index contributed by atoms with van der Waals surface area (Å²) in [7, 11) is 0. The predicted molar refractivity (Wildman–Crippen MR) is 64.0 cm³/mol. The first-order valence-corrected chi connectivity index (χ1v) is 5.46. The van der Waals surface area contributed by atoms with Crippen LogP contribution in [0.1, 0.15) is 12.6 Å². The molecule has 0 fully saturated rings. The zero-order valence-corrected chi connectivity index (χ0v) is 10.2. The molecule has 0 aliphatic heterocycles. The summed E-state index contributed by atoms with van der Waals surface area (Å²) in [4.78, 5) is 39.8. The van der Waals surface area contributed by atoms with Gasteiger partial charge in [0.15, 0.2) is 0 Å². The van der Waals surface area contributed by atoms with Gasteiger partial charge in [-0.3, -0.25) is 4.79 Å². The van der Waals surface area contributed by atoms with Crippen LogP contribution >= 0.6 is 0 Å². The summed E-state index contributed by atoms with van der Waals surface area (Å²) in [6.45, 7) is 1.40. The number of amides is 3. The number of imidazole rings is 1. The molecule has 6 N–H and O–H groups in total. The number of rotatable bonds is 6. The third kappa shape index (κ3) is 4.66. The summed E-state index contributed by atoms with van der Waals surface area (Å²) in [6, 6.07) is -2.89. The number of hydrogen-bond donors (Lipinski definition) is 5. The first-order chi connectivity index (χ1) is 8.90. The summed E-state index contributed by atoms with van der Waals surface area (Å²) in [6.07, 6.45) is 2.94. The van der Waals surface area contributed by atoms with E-state index in [1.165, 1.54) is 19.4 Å². The minimum absolute atomic E-state index is 0.0599. The third-order valence-corrected chi connectivity index (χ3v) is 2.35. The number of aliphatic carboxylic acids is 1. The number of urea groups is 1. The monoisotopic (exact) mass is 269 g/mol. The van der Waals surface area contributed by atoms with Crippen LogP contribution in [0.5, 0.6) is 0 Å². The molecule has 9 nitrogen and oxygen atoms in total. The average molecular weight is 269 g/mol. The minimum Gasteiger partial charge on any atom is -0.480 e. The molecule has 1 unspecified atom stereocenters. The van der Waals surface area contributed by atoms with Crippen molar-refractivity contribution in [2.45, 2.75) is 25.4 Å². The Morgan fingerprint density at radius 3 is 2.63 bits per heavy atom. The van der Waals surface area contributed by atoms with Crippen molar-refractivity contribution in [3.05, 3.63) is 18.2 Å². The molecule has 2 atom stereocenters. The SMILES string of the molecule is CC(NC(N)=O)C(=O)N[C@H](Cc1cnc[nH]1)C(=O)O. The van der Waals surface area contributed by atoms with E-state index < -0.39 is 30.0 Å². The van der Waals surface area contributed by atoms with Gasteiger partial charge in [0, 0.05) is 18.3 Å². The van der Waals surface area contributed by atoms with Crippen molar-refractivity contribution >= 4 is 17.9 Å². The van der Waals surface area contributed by atoms with Crippen LogP contribution in [-0.2, 0) is 16.0 Å². The molecule has 9 heteroatoms. The molecule has 0 aliphatic rings. The Hall–Kier alpha value is -2.58. The van der Waals surface area contributed by atoms with Gasteiger partial charge in [0.2, 0.25) is 5.91 Å². The van der Waals surface area contributed by atoms with Gasteiger partial charge in [-0.25, -0.2) is 14.6 Å². The van der Waals surface area contributed by atoms with E-state index in [1.807, 2.05) is 0 Å². The Morgan fingerprint density at radius 1 is 1.47 bits per heavy atom. The number of nitrogens with zero attached hydrogens (tertiary/aromatic N) is 1. The maximum absolute atomic E-state index is 11.7. The number of aromatic nitrogens is 2. The molecule has 0 saturated carbocycles. The molecule has 1 rings (SSSR count). The number of aromatic amines is 1. The fourth-order valence-corrected chi connectivity index (χ4v) is 1.39. The van der Waals surface area contributed by atoms with Crippen LogP contribution in [0.2, 0.25) is 0 Å². The summed E-state index contributed by atoms with van der Waals surface area (Å²) in [5.41, 5.74) is 5.44. The maximum Gasteiger partial charge on any atom is 0.326 e. The Balaban J connectivity index is 2.61. The molecular weight excluding hydrogens is 254 g/mol. The highest BCUT2D eigenvalue weighted by Crippen LogP contribution is 1.99. The predicted octanol–water partition coefficient (Wildman–Crippen LogP) is -1.42. The molecule has 0 aromatic carbocycles. The average Bonchev–Trinajstić information content (AvgIpc) is 2.79. The third-order valence-electron chi connectivity index (χ3n) is 2.35. The molecule has 1 aromatic rings. The van der Waals surface area contributed by atoms with Gasteiger partial charge in [-0.15, -0.1) is 0 Å². The number of nitrogens with one attached hydrogen (secondary N) is 3. The van der Waals surface area contributed by atoms with Gasteiger partial charge in [0.1, 0.15) is 12.1 Å². The molecule has 104 valence electrons. The van der Waals surface area contributed by atoms with Crippen LogP contribution in [0.4, 0.5) is 4.79 Å². The topological polar surface area (TPSA) is 150 Å². The highest BCUT2D eigenvalue weighted by atomic mass is 16.4. The van der Waals surface area contributed by atoms with Gasteiger partial charge in [-0.2, -0.15) is 0 Å². The zero-order chi connectivity index (χ0) is 14.4. The summed E-state index contributed by atoms with van der Waals surface area (Å²) >= 11 is 0. The Kier molecular flexibility index (Phi) is 4.86. The van der Waals surface area contributed by atoms with Crippen LogP contribution < -0.4 is 16.4 Å². The zero-order valence-electron chi connectivity index (χ0n) is 10.2. The summed E-state index contributed by atoms with van der Waals surface area (Å²) < 4.78 is 0. The van der Waals surface area contributed by atoms with E-state index in [4.69, 9.17) is 10.8 Å². The second-order valence-corrected chi connectivity index (χ2v) is 3.91. The van der Waals surface area contributed by atoms with Crippen molar-refractivity contribution in [1.29, 1.82) is 0 Å². The van der Waals surface area contributed by atoms with Crippen LogP contribution in [0.15, 0.2) is 12.5 Å². The number of hydrogen-bond acceptors (Lipinski definition) is 4. The molecule has 0 radical (unpaired) electrons. The Morgan fingerprint density at radius 2 is 2.16 bits per heavy atom. The molecule has 1 aromatic heterocycles. The lowest BCUT2D eigenvalue weighted by molar-refractivity contribution is -0.142. The Bertz CT molecular complexity index is 458. The molecule has 19 heavy (non-hydrogen) atoms. The number of primary amides is 1. The largest absolute Gasteiger partial charge is 0.480 e. The van der Waals surface area contributed by atoms with Crippen molar-refractivity contribution < 1.29 is 19.5 Å². The number of carbonyl (C=O) groups is 3. The van der Waals surface area contributed by atoms with Gasteiger partial charge >= 0.3 is 12.0 Å². The van der Waals surface area contributed by atoms with Gasteiger partial charge in [0.05, 0.1) is 6.33 Å². The number of carboxylic acids is 1. The summed E-state index contributed by atoms with van der Waals surface area (Å²) in [5, 5.41) is 13.5. The molecule has 0 bridgehead atoms. The highest BCUT2D eigenvalue weighted by molar-refractivity contribution is 5.89. The van der Waals surface area contributed by atoms with Gasteiger partial charge in [-0.05, 0) is 6.92 Å². The smallest absolute Gasteiger partial charge is 0.326 e. The number of carboxylic acid groups (broad SMARTS) is 1. The van der Waals surface area contributed by atoms with Crippen molar-refractivity contribution in [1.82, 2.24) is 20.6 Å². The second kappa shape index (κ2) is 6.38. The highest BCUT2D eigenvalue weighted by Gasteiger charge is 2.24. The fraction of sp³-hybridized carbons (Fsp3) is 0.400. The van der Waals surface area contributed by atoms with E-state index in [1.54, 1.807) is 0 Å². The second-order valence-electron chi connectivity index (χ2n) is 3.91. The van der Waals surface area contributed by atoms with E-state index in [0.29, 0.717) is 5.69 Å². The lowest BCUT2D eigenvalue weighted by Gasteiger charge is -2.17. The molecule has 0 aliphatic carbocycles. The van der Waals surface area contributed by atoms with Crippen molar-refractivity contribution in [3.8, 4) is 0 Å². The van der Waals surface area contributed by atoms with Crippen LogP contribution in [-0.4, -0.2) is 45.1 Å². The number of nitrogens with two attached hydrogens (primary N) is 1. The van der Waals surface area contributed by atoms with Gasteiger partial charge in [0.25, 0.3) is 0 Å². The van der Waals surface area contributed by atoms with Crippen LogP contribution in [0.3, 0.4) is 0 Å².